The predicted octanol–water partition coefficient (Wildman–Crippen LogP) is 6.72. The average molecular weight is 934 g/mol. The van der Waals surface area contributed by atoms with Gasteiger partial charge in [0.2, 0.25) is 5.36 Å². The van der Waals surface area contributed by atoms with Gasteiger partial charge in [-0.15, -0.1) is 0 Å². The lowest BCUT2D eigenvalue weighted by Gasteiger charge is -2.43. The maximum Gasteiger partial charge on any atom is 0.306 e. The van der Waals surface area contributed by atoms with E-state index in [0.29, 0.717) is 58.9 Å². The molecule has 4 aromatic carbocycles. The van der Waals surface area contributed by atoms with Crippen LogP contribution in [-0.2, 0) is 42.9 Å². The lowest BCUT2D eigenvalue weighted by Crippen LogP contribution is -2.98. The van der Waals surface area contributed by atoms with Gasteiger partial charge in [-0.2, -0.15) is 0 Å². The molecule has 3 aliphatic rings. The number of carbonyl (C=O) groups excluding carboxylic acids is 5. The Kier molecular flexibility index (Phi) is 16.8. The molecule has 5 N–H and O–H groups in total. The van der Waals surface area contributed by atoms with Crippen LogP contribution in [0.2, 0.25) is 0 Å². The number of Topliss-reactive ketones (excluding diaryl/α,β-unsaturated/α-hetero) is 1. The van der Waals surface area contributed by atoms with Gasteiger partial charge in [0, 0.05) is 42.3 Å². The van der Waals surface area contributed by atoms with E-state index in [-0.39, 0.29) is 87.3 Å². The first kappa shape index (κ1) is 49.9. The molecule has 68 heavy (non-hydrogen) atoms. The van der Waals surface area contributed by atoms with Crippen molar-refractivity contribution in [2.75, 3.05) is 42.4 Å². The molecule has 0 aromatic heterocycles. The Morgan fingerprint density at radius 2 is 1.04 bits per heavy atom. The summed E-state index contributed by atoms with van der Waals surface area (Å²) >= 11 is 0. The van der Waals surface area contributed by atoms with E-state index in [1.54, 1.807) is 0 Å². The highest BCUT2D eigenvalue weighted by Gasteiger charge is 2.50. The Morgan fingerprint density at radius 3 is 1.54 bits per heavy atom. The summed E-state index contributed by atoms with van der Waals surface area (Å²) in [6.45, 7) is 7.50. The molecular weight excluding hydrogens is 865 g/mol. The first-order valence-corrected chi connectivity index (χ1v) is 24.9. The molecule has 0 saturated heterocycles. The third-order valence-electron chi connectivity index (χ3n) is 13.2. The van der Waals surface area contributed by atoms with Crippen molar-refractivity contribution in [2.24, 2.45) is 0 Å². The van der Waals surface area contributed by atoms with Crippen molar-refractivity contribution in [1.29, 1.82) is 0 Å². The summed E-state index contributed by atoms with van der Waals surface area (Å²) in [7, 11) is 0. The van der Waals surface area contributed by atoms with Gasteiger partial charge in [0.15, 0.2) is 24.7 Å². The number of esters is 4. The number of hydrogen-bond donors (Lipinski definition) is 5. The molecule has 2 unspecified atom stereocenters. The molecule has 0 spiro atoms. The number of ether oxygens (including phenoxy) is 4. The Labute approximate surface area is 398 Å². The van der Waals surface area contributed by atoms with Crippen molar-refractivity contribution < 1.29 is 53.0 Å². The normalized spacial score (nSPS) is 18.0. The number of benzene rings is 4. The van der Waals surface area contributed by atoms with E-state index in [2.05, 4.69) is 48.6 Å². The topological polar surface area (TPSA) is 193 Å². The van der Waals surface area contributed by atoms with Crippen molar-refractivity contribution in [3.05, 3.63) is 76.8 Å². The second-order valence-corrected chi connectivity index (χ2v) is 18.7. The van der Waals surface area contributed by atoms with E-state index in [1.807, 2.05) is 60.7 Å². The largest absolute Gasteiger partial charge is 0.461 e. The zero-order valence-corrected chi connectivity index (χ0v) is 40.2. The fourth-order valence-corrected chi connectivity index (χ4v) is 9.47. The van der Waals surface area contributed by atoms with Gasteiger partial charge in [0.1, 0.15) is 13.2 Å². The molecule has 1 aliphatic carbocycles. The second-order valence-electron chi connectivity index (χ2n) is 18.7. The number of rotatable bonds is 25. The Hall–Kier alpha value is -6.02. The number of aliphatic hydroxyl groups is 1. The molecule has 364 valence electrons. The van der Waals surface area contributed by atoms with Crippen LogP contribution < -0.4 is 31.5 Å². The van der Waals surface area contributed by atoms with Gasteiger partial charge in [-0.1, -0.05) is 122 Å². The van der Waals surface area contributed by atoms with E-state index in [0.717, 1.165) is 72.9 Å². The maximum atomic E-state index is 14.9. The zero-order valence-electron chi connectivity index (χ0n) is 40.2. The van der Waals surface area contributed by atoms with Crippen LogP contribution in [0.15, 0.2) is 60.7 Å². The predicted molar refractivity (Wildman–Crippen MR) is 261 cm³/mol. The van der Waals surface area contributed by atoms with Crippen LogP contribution in [0.5, 0.6) is 0 Å². The maximum absolute atomic E-state index is 14.9. The van der Waals surface area contributed by atoms with Gasteiger partial charge in [-0.25, -0.2) is 4.99 Å². The van der Waals surface area contributed by atoms with Crippen LogP contribution in [-0.4, -0.2) is 78.6 Å². The average Bonchev–Trinajstić information content (AvgIpc) is 3.33. The zero-order chi connectivity index (χ0) is 48.3. The third-order valence-corrected chi connectivity index (χ3v) is 13.2. The van der Waals surface area contributed by atoms with Gasteiger partial charge in [-0.3, -0.25) is 24.0 Å². The highest BCUT2D eigenvalue weighted by Crippen LogP contribution is 2.48. The molecule has 4 aromatic rings. The van der Waals surface area contributed by atoms with E-state index in [4.69, 9.17) is 18.9 Å². The summed E-state index contributed by atoms with van der Waals surface area (Å²) in [6.07, 6.45) is 9.84. The number of carbonyl (C=O) groups is 5. The van der Waals surface area contributed by atoms with Crippen LogP contribution in [0.1, 0.15) is 142 Å². The molecular formula is C54H69N4O10+. The summed E-state index contributed by atoms with van der Waals surface area (Å²) in [6, 6.07) is 18.9. The van der Waals surface area contributed by atoms with Crippen molar-refractivity contribution in [2.45, 2.75) is 154 Å². The van der Waals surface area contributed by atoms with E-state index in [1.165, 1.54) is 0 Å². The summed E-state index contributed by atoms with van der Waals surface area (Å²) < 4.78 is 23.5. The van der Waals surface area contributed by atoms with Crippen LogP contribution in [0.25, 0.3) is 27.1 Å². The molecule has 0 amide bonds. The number of anilines is 3. The van der Waals surface area contributed by atoms with Crippen LogP contribution in [0.4, 0.5) is 17.1 Å². The van der Waals surface area contributed by atoms with Crippen LogP contribution >= 0.6 is 0 Å². The number of unbranched alkanes of at least 4 members (excludes halogenated alkanes) is 8. The van der Waals surface area contributed by atoms with E-state index >= 15 is 0 Å². The van der Waals surface area contributed by atoms with Crippen molar-refractivity contribution in [3.63, 3.8) is 0 Å². The smallest absolute Gasteiger partial charge is 0.306 e. The summed E-state index contributed by atoms with van der Waals surface area (Å²) in [5, 5.41) is 27.1. The van der Waals surface area contributed by atoms with Gasteiger partial charge >= 0.3 is 29.5 Å². The first-order valence-electron chi connectivity index (χ1n) is 24.9. The standard InChI is InChI=1S/C54H68N4O10/c1-5-9-13-23-41(59)65-31-53(32-66-42(60)24-14-10-6-2)55-39-21-17-19-35-27-29-37(49(57-53)45(35)39)47-51(63)48(52(47)64)38-30-28-36-20-18-22-40-46(36)50(38)58-54(56-40,33-67-43(61)25-15-11-7-3)34-68-44(62)26-16-12-8-4/h17-22,27-30,47,51,55-57,63H,5-16,23-26,31-34H2,1-4H3/p+1. The number of hydrogen-bond acceptors (Lipinski definition) is 13. The molecule has 14 nitrogen and oxygen atoms in total. The molecule has 2 atom stereocenters. The lowest BCUT2D eigenvalue weighted by molar-refractivity contribution is -0.589. The first-order chi connectivity index (χ1) is 33.0. The van der Waals surface area contributed by atoms with Crippen molar-refractivity contribution in [3.8, 4) is 0 Å². The van der Waals surface area contributed by atoms with E-state index in [9.17, 15) is 29.1 Å². The minimum absolute atomic E-state index is 0.185. The number of nitrogens with one attached hydrogen (secondary N) is 4. The quantitative estimate of drug-likeness (QED) is 0.0268. The molecule has 1 fully saturated rings. The monoisotopic (exact) mass is 934 g/mol. The third kappa shape index (κ3) is 11.3. The van der Waals surface area contributed by atoms with E-state index < -0.39 is 23.3 Å². The van der Waals surface area contributed by atoms with Gasteiger partial charge in [0.25, 0.3) is 0 Å². The Balaban J connectivity index is 1.27. The minimum Gasteiger partial charge on any atom is -0.461 e. The lowest BCUT2D eigenvalue weighted by atomic mass is 9.69. The summed E-state index contributed by atoms with van der Waals surface area (Å²) in [5.41, 5.74) is 0.0312. The van der Waals surface area contributed by atoms with Gasteiger partial charge in [0.05, 0.1) is 34.0 Å². The van der Waals surface area contributed by atoms with Gasteiger partial charge < -0.3 is 40.0 Å². The summed E-state index contributed by atoms with van der Waals surface area (Å²) in [5.74, 6) is -2.79. The van der Waals surface area contributed by atoms with Gasteiger partial charge in [-0.05, 0) is 60.2 Å². The molecule has 2 heterocycles. The molecule has 7 rings (SSSR count). The molecule has 0 radical (unpaired) electrons. The highest BCUT2D eigenvalue weighted by molar-refractivity contribution is 6.28. The Bertz CT molecular complexity index is 2580. The highest BCUT2D eigenvalue weighted by atomic mass is 16.6. The fraction of sp³-hybridized carbons (Fsp3) is 0.519. The molecule has 1 saturated carbocycles. The second kappa shape index (κ2) is 22.9. The molecule has 2 aliphatic heterocycles. The fourth-order valence-electron chi connectivity index (χ4n) is 9.47. The van der Waals surface area contributed by atoms with Crippen molar-refractivity contribution in [1.82, 2.24) is 0 Å². The number of ketones is 1. The minimum atomic E-state index is -1.31. The Morgan fingerprint density at radius 1 is 0.574 bits per heavy atom. The number of aliphatic hydroxyl groups excluding tert-OH is 1. The van der Waals surface area contributed by atoms with Crippen LogP contribution in [0.3, 0.4) is 0 Å². The van der Waals surface area contributed by atoms with Crippen LogP contribution in [0, 0.1) is 0 Å². The van der Waals surface area contributed by atoms with Crippen molar-refractivity contribution >= 4 is 73.8 Å². The molecule has 14 heteroatoms. The molecule has 0 bridgehead atoms. The summed E-state index contributed by atoms with van der Waals surface area (Å²) in [4.78, 5) is 70.6. The SMILES string of the molecule is CCCCCC(=O)OCC1(COC(=O)CCCCC)Nc2cccc3ccc(C4C(=O)C(=c5ccc6cccc7c6c5=[NH+]C(COC(=O)CCCCC)(COC(=O)CCCCC)N7)C4O)c(c23)N1.